The molecule has 0 rings (SSSR count). The van der Waals surface area contributed by atoms with Crippen LogP contribution in [0.2, 0.25) is 0 Å². The number of aliphatic hydroxyl groups is 1. The summed E-state index contributed by atoms with van der Waals surface area (Å²) in [5.41, 5.74) is 4.51. The van der Waals surface area contributed by atoms with Gasteiger partial charge in [-0.05, 0) is 6.42 Å². The van der Waals surface area contributed by atoms with Crippen LogP contribution >= 0.6 is 7.60 Å². The largest absolute Gasteiger partial charge is 0.481 e. The maximum atomic E-state index is 10.1. The molecule has 6 N–H and O–H groups in total. The second kappa shape index (κ2) is 13.7. The normalized spacial score (nSPS) is 12.2. The Kier molecular flexibility index (Phi) is 14.5. The number of carbonyl (C=O) groups excluding carboxylic acids is 1. The third-order valence-corrected chi connectivity index (χ3v) is 3.55. The zero-order valence-electron chi connectivity index (χ0n) is 13.0. The number of hydrogen-bond donors (Lipinski definition) is 5. The van der Waals surface area contributed by atoms with Gasteiger partial charge in [0.2, 0.25) is 5.91 Å². The highest BCUT2D eigenvalue weighted by Gasteiger charge is 2.22. The van der Waals surface area contributed by atoms with E-state index in [-0.39, 0.29) is 0 Å². The first kappa shape index (κ1) is 23.3. The highest BCUT2D eigenvalue weighted by Crippen LogP contribution is 2.34. The van der Waals surface area contributed by atoms with Gasteiger partial charge in [-0.3, -0.25) is 14.2 Å². The molecule has 9 heteroatoms. The van der Waals surface area contributed by atoms with Crippen LogP contribution in [0.15, 0.2) is 0 Å². The Balaban J connectivity index is 0. The number of unbranched alkanes of at least 4 members (excludes halogenated alkanes) is 6. The molecule has 0 saturated carbocycles. The molecule has 0 aliphatic heterocycles. The fourth-order valence-electron chi connectivity index (χ4n) is 1.55. The first-order valence-corrected chi connectivity index (χ1v) is 9.13. The van der Waals surface area contributed by atoms with E-state index in [4.69, 9.17) is 20.0 Å². The van der Waals surface area contributed by atoms with Gasteiger partial charge in [0.05, 0.1) is 6.16 Å². The van der Waals surface area contributed by atoms with Crippen LogP contribution in [0.3, 0.4) is 0 Å². The zero-order valence-corrected chi connectivity index (χ0v) is 13.9. The predicted octanol–water partition coefficient (Wildman–Crippen LogP) is 1.22. The molecule has 0 spiro atoms. The van der Waals surface area contributed by atoms with Crippen molar-refractivity contribution >= 4 is 19.5 Å². The van der Waals surface area contributed by atoms with Crippen molar-refractivity contribution in [3.8, 4) is 0 Å². The van der Waals surface area contributed by atoms with Crippen molar-refractivity contribution in [1.82, 2.24) is 0 Å². The van der Waals surface area contributed by atoms with Crippen molar-refractivity contribution in [1.29, 1.82) is 0 Å². The fraction of sp³-hybridized carbons (Fsp3) is 0.846. The van der Waals surface area contributed by atoms with Gasteiger partial charge in [0, 0.05) is 6.42 Å². The van der Waals surface area contributed by atoms with Gasteiger partial charge in [0.15, 0.2) is 0 Å². The van der Waals surface area contributed by atoms with Crippen molar-refractivity contribution < 1.29 is 34.2 Å². The van der Waals surface area contributed by atoms with Crippen molar-refractivity contribution in [2.75, 3.05) is 6.16 Å². The number of aliphatic hydroxyl groups excluding tert-OH is 1. The van der Waals surface area contributed by atoms with E-state index in [1.54, 1.807) is 0 Å². The molecule has 0 bridgehead atoms. The molecule has 0 fully saturated rings. The minimum Gasteiger partial charge on any atom is -0.481 e. The van der Waals surface area contributed by atoms with E-state index in [9.17, 15) is 14.2 Å². The third kappa shape index (κ3) is 21.4. The van der Waals surface area contributed by atoms with Crippen LogP contribution in [0.25, 0.3) is 0 Å². The van der Waals surface area contributed by atoms with E-state index in [1.807, 2.05) is 0 Å². The first-order valence-electron chi connectivity index (χ1n) is 7.34. The van der Waals surface area contributed by atoms with Crippen molar-refractivity contribution in [3.05, 3.63) is 0 Å². The van der Waals surface area contributed by atoms with E-state index in [2.05, 4.69) is 12.7 Å². The molecule has 0 aromatic carbocycles. The Morgan fingerprint density at radius 2 is 1.50 bits per heavy atom. The van der Waals surface area contributed by atoms with Crippen molar-refractivity contribution in [2.24, 2.45) is 5.73 Å². The molecule has 1 amide bonds. The van der Waals surface area contributed by atoms with Gasteiger partial charge in [0.25, 0.3) is 0 Å². The van der Waals surface area contributed by atoms with Crippen LogP contribution in [-0.4, -0.2) is 44.1 Å². The van der Waals surface area contributed by atoms with E-state index in [0.29, 0.717) is 6.42 Å². The SMILES string of the molecule is CCCCCCCCCC(=O)O.NC(=O)C(O)CP(=O)(O)O. The van der Waals surface area contributed by atoms with Crippen LogP contribution in [-0.2, 0) is 14.2 Å². The molecule has 0 aromatic rings. The summed E-state index contributed by atoms with van der Waals surface area (Å²) in [4.78, 5) is 36.5. The number of hydrogen-bond acceptors (Lipinski definition) is 4. The Hall–Kier alpha value is -0.950. The molecular formula is C13H28NO7P. The molecule has 0 aromatic heterocycles. The van der Waals surface area contributed by atoms with Crippen LogP contribution < -0.4 is 5.73 Å². The summed E-state index contributed by atoms with van der Waals surface area (Å²) >= 11 is 0. The minimum absolute atomic E-state index is 0.341. The molecule has 132 valence electrons. The van der Waals surface area contributed by atoms with Gasteiger partial charge in [-0.25, -0.2) is 0 Å². The number of aliphatic carboxylic acids is 1. The monoisotopic (exact) mass is 341 g/mol. The number of nitrogens with two attached hydrogens (primary N) is 1. The van der Waals surface area contributed by atoms with Crippen molar-refractivity contribution in [2.45, 2.75) is 64.4 Å². The second-order valence-electron chi connectivity index (χ2n) is 5.03. The van der Waals surface area contributed by atoms with Crippen LogP contribution in [0.5, 0.6) is 0 Å². The molecule has 8 nitrogen and oxygen atoms in total. The molecule has 0 radical (unpaired) electrons. The summed E-state index contributed by atoms with van der Waals surface area (Å²) in [5, 5.41) is 16.8. The number of carbonyl (C=O) groups is 2. The Bertz CT molecular complexity index is 356. The molecule has 0 aliphatic rings. The lowest BCUT2D eigenvalue weighted by Crippen LogP contribution is -2.31. The molecular weight excluding hydrogens is 313 g/mol. The highest BCUT2D eigenvalue weighted by atomic mass is 31.2. The lowest BCUT2D eigenvalue weighted by molar-refractivity contribution is -0.137. The average molecular weight is 341 g/mol. The van der Waals surface area contributed by atoms with Crippen LogP contribution in [0.4, 0.5) is 0 Å². The van der Waals surface area contributed by atoms with Crippen LogP contribution in [0.1, 0.15) is 58.3 Å². The van der Waals surface area contributed by atoms with E-state index < -0.39 is 31.7 Å². The lowest BCUT2D eigenvalue weighted by atomic mass is 10.1. The van der Waals surface area contributed by atoms with Gasteiger partial charge >= 0.3 is 13.6 Å². The number of carboxylic acid groups (broad SMARTS) is 1. The third-order valence-electron chi connectivity index (χ3n) is 2.73. The topological polar surface area (TPSA) is 158 Å². The molecule has 1 unspecified atom stereocenters. The number of rotatable bonds is 11. The van der Waals surface area contributed by atoms with Crippen LogP contribution in [0, 0.1) is 0 Å². The van der Waals surface area contributed by atoms with E-state index >= 15 is 0 Å². The predicted molar refractivity (Wildman–Crippen MR) is 82.4 cm³/mol. The number of carboxylic acids is 1. The molecule has 22 heavy (non-hydrogen) atoms. The maximum Gasteiger partial charge on any atom is 0.328 e. The van der Waals surface area contributed by atoms with Gasteiger partial charge in [-0.15, -0.1) is 0 Å². The molecule has 0 aliphatic carbocycles. The summed E-state index contributed by atoms with van der Waals surface area (Å²) in [6, 6.07) is 0. The number of amides is 1. The summed E-state index contributed by atoms with van der Waals surface area (Å²) in [7, 11) is -4.33. The van der Waals surface area contributed by atoms with Gasteiger partial charge in [-0.1, -0.05) is 45.4 Å². The molecule has 0 heterocycles. The molecule has 0 saturated heterocycles. The zero-order chi connectivity index (χ0) is 17.6. The Morgan fingerprint density at radius 3 is 1.82 bits per heavy atom. The minimum atomic E-state index is -4.33. The summed E-state index contributed by atoms with van der Waals surface area (Å²) in [6.45, 7) is 2.20. The summed E-state index contributed by atoms with van der Waals surface area (Å²) in [6.07, 6.45) is 5.97. The smallest absolute Gasteiger partial charge is 0.328 e. The fourth-order valence-corrected chi connectivity index (χ4v) is 2.18. The maximum absolute atomic E-state index is 10.1. The second-order valence-corrected chi connectivity index (χ2v) is 6.73. The Morgan fingerprint density at radius 1 is 1.05 bits per heavy atom. The van der Waals surface area contributed by atoms with E-state index in [0.717, 1.165) is 12.8 Å². The summed E-state index contributed by atoms with van der Waals surface area (Å²) < 4.78 is 10.1. The van der Waals surface area contributed by atoms with Crippen molar-refractivity contribution in [3.63, 3.8) is 0 Å². The first-order chi connectivity index (χ1) is 10.1. The summed E-state index contributed by atoms with van der Waals surface area (Å²) in [5.74, 6) is -1.80. The lowest BCUT2D eigenvalue weighted by Gasteiger charge is -2.06. The Labute approximate surface area is 130 Å². The van der Waals surface area contributed by atoms with Gasteiger partial charge in [-0.2, -0.15) is 0 Å². The van der Waals surface area contributed by atoms with E-state index in [1.165, 1.54) is 32.1 Å². The highest BCUT2D eigenvalue weighted by molar-refractivity contribution is 7.51. The quantitative estimate of drug-likeness (QED) is 0.279. The number of primary amides is 1. The van der Waals surface area contributed by atoms with Gasteiger partial charge < -0.3 is 25.7 Å². The van der Waals surface area contributed by atoms with Gasteiger partial charge in [0.1, 0.15) is 6.10 Å². The standard InChI is InChI=1S/C10H20O2.C3H8NO5P/c1-2-3-4-5-6-7-8-9-10(11)12;4-3(6)2(5)1-10(7,8)9/h2-9H2,1H3,(H,11,12);2,5H,1H2,(H2,4,6)(H2,7,8,9). The average Bonchev–Trinajstić information content (AvgIpc) is 2.36. The molecule has 1 atom stereocenters.